The van der Waals surface area contributed by atoms with Crippen LogP contribution in [0.5, 0.6) is 0 Å². The molecule has 2 saturated heterocycles. The molecule has 6 unspecified atom stereocenters. The molecule has 2 aliphatic carbocycles. The summed E-state index contributed by atoms with van der Waals surface area (Å²) in [5, 5.41) is 0.562. The highest BCUT2D eigenvalue weighted by Crippen LogP contribution is 2.80. The van der Waals surface area contributed by atoms with Gasteiger partial charge in [0.25, 0.3) is 0 Å². The van der Waals surface area contributed by atoms with Gasteiger partial charge in [-0.25, -0.2) is 0 Å². The molecular weight excluding hydrogens is 361 g/mol. The van der Waals surface area contributed by atoms with Gasteiger partial charge < -0.3 is 4.74 Å². The zero-order valence-corrected chi connectivity index (χ0v) is 13.4. The van der Waals surface area contributed by atoms with E-state index < -0.39 is 14.1 Å². The summed E-state index contributed by atoms with van der Waals surface area (Å²) in [6, 6.07) is 0. The molecule has 4 rings (SSSR count). The highest BCUT2D eigenvalue weighted by Gasteiger charge is 2.86. The van der Waals surface area contributed by atoms with Crippen LogP contribution in [0.2, 0.25) is 0 Å². The van der Waals surface area contributed by atoms with Gasteiger partial charge >= 0.3 is 0 Å². The highest BCUT2D eigenvalue weighted by atomic mass is 35.5. The van der Waals surface area contributed by atoms with Crippen LogP contribution >= 0.6 is 69.6 Å². The zero-order valence-electron chi connectivity index (χ0n) is 8.90. The maximum Gasteiger partial charge on any atom is 0.167 e. The first-order valence-corrected chi connectivity index (χ1v) is 8.02. The largest absolute Gasteiger partial charge is 0.374 e. The van der Waals surface area contributed by atoms with Gasteiger partial charge in [-0.15, -0.1) is 23.2 Å². The Bertz CT molecular complexity index is 450. The number of halogens is 6. The van der Waals surface area contributed by atoms with E-state index in [0.29, 0.717) is 0 Å². The van der Waals surface area contributed by atoms with Gasteiger partial charge in [-0.2, -0.15) is 0 Å². The lowest BCUT2D eigenvalue weighted by atomic mass is 9.73. The maximum absolute atomic E-state index is 6.72. The van der Waals surface area contributed by atoms with Crippen LogP contribution in [0.15, 0.2) is 10.1 Å². The predicted octanol–water partition coefficient (Wildman–Crippen LogP) is 4.63. The fraction of sp³-hybridized carbons (Fsp3) is 0.818. The Hall–Kier alpha value is 1.44. The Labute approximate surface area is 135 Å². The number of ether oxygens (including phenoxy) is 1. The van der Waals surface area contributed by atoms with Crippen molar-refractivity contribution >= 4 is 69.6 Å². The molecule has 7 heteroatoms. The van der Waals surface area contributed by atoms with E-state index >= 15 is 0 Å². The molecule has 4 bridgehead atoms. The second-order valence-electron chi connectivity index (χ2n) is 5.47. The van der Waals surface area contributed by atoms with Gasteiger partial charge in [0, 0.05) is 11.8 Å². The van der Waals surface area contributed by atoms with Crippen LogP contribution in [0.4, 0.5) is 0 Å². The van der Waals surface area contributed by atoms with Crippen molar-refractivity contribution in [2.24, 2.45) is 11.8 Å². The first-order chi connectivity index (χ1) is 8.28. The number of alkyl halides is 4. The first-order valence-electron chi connectivity index (χ1n) is 5.75. The van der Waals surface area contributed by atoms with Crippen molar-refractivity contribution in [1.29, 1.82) is 0 Å². The number of rotatable bonds is 0. The molecule has 0 radical (unpaired) electrons. The molecule has 0 spiro atoms. The van der Waals surface area contributed by atoms with Gasteiger partial charge in [-0.1, -0.05) is 46.4 Å². The Balaban J connectivity index is 2.01. The van der Waals surface area contributed by atoms with Gasteiger partial charge in [-0.05, 0) is 12.8 Å². The molecule has 0 N–H and O–H groups in total. The third-order valence-electron chi connectivity index (χ3n) is 4.94. The van der Waals surface area contributed by atoms with E-state index in [1.165, 1.54) is 0 Å². The van der Waals surface area contributed by atoms with Crippen molar-refractivity contribution in [3.63, 3.8) is 0 Å². The van der Waals surface area contributed by atoms with Crippen LogP contribution in [-0.4, -0.2) is 26.3 Å². The Morgan fingerprint density at radius 2 is 1.22 bits per heavy atom. The third-order valence-corrected chi connectivity index (χ3v) is 9.23. The Morgan fingerprint density at radius 3 is 1.61 bits per heavy atom. The Kier molecular flexibility index (Phi) is 2.50. The van der Waals surface area contributed by atoms with E-state index in [-0.39, 0.29) is 34.1 Å². The van der Waals surface area contributed by atoms with Gasteiger partial charge in [-0.3, -0.25) is 0 Å². The van der Waals surface area contributed by atoms with Crippen molar-refractivity contribution < 1.29 is 4.74 Å². The van der Waals surface area contributed by atoms with Crippen LogP contribution in [0.3, 0.4) is 0 Å². The van der Waals surface area contributed by atoms with E-state index in [0.717, 1.165) is 12.8 Å². The fourth-order valence-electron chi connectivity index (χ4n) is 4.26. The Morgan fingerprint density at radius 1 is 0.833 bits per heavy atom. The molecule has 1 nitrogen and oxygen atoms in total. The summed E-state index contributed by atoms with van der Waals surface area (Å²) < 4.78 is 4.50. The summed E-state index contributed by atoms with van der Waals surface area (Å²) >= 11 is 39.0. The molecule has 1 saturated carbocycles. The SMILES string of the molecule is ClC1=C(Cl)C2(Cl)C3C4CCC(O4)C3C1(Cl)C2(Cl)Cl. The normalized spacial score (nSPS) is 59.7. The van der Waals surface area contributed by atoms with Gasteiger partial charge in [0.15, 0.2) is 4.33 Å². The monoisotopic (exact) mass is 366 g/mol. The van der Waals surface area contributed by atoms with E-state index in [9.17, 15) is 0 Å². The van der Waals surface area contributed by atoms with E-state index in [1.807, 2.05) is 0 Å². The highest BCUT2D eigenvalue weighted by molar-refractivity contribution is 6.65. The van der Waals surface area contributed by atoms with Gasteiger partial charge in [0.2, 0.25) is 0 Å². The fourth-order valence-corrected chi connectivity index (χ4v) is 7.35. The number of hydrogen-bond donors (Lipinski definition) is 0. The third kappa shape index (κ3) is 1.01. The molecule has 0 aromatic rings. The number of fused-ring (bicyclic) bond motifs is 9. The minimum absolute atomic E-state index is 0.0218. The molecule has 3 fully saturated rings. The van der Waals surface area contributed by atoms with Gasteiger partial charge in [0.1, 0.15) is 9.75 Å². The van der Waals surface area contributed by atoms with Crippen molar-refractivity contribution in [3.8, 4) is 0 Å². The second-order valence-corrected chi connectivity index (χ2v) is 8.74. The summed E-state index contributed by atoms with van der Waals surface area (Å²) in [4.78, 5) is -2.28. The second kappa shape index (κ2) is 3.43. The lowest BCUT2D eigenvalue weighted by Gasteiger charge is -2.36. The minimum Gasteiger partial charge on any atom is -0.374 e. The van der Waals surface area contributed by atoms with E-state index in [1.54, 1.807) is 0 Å². The molecular formula is C11H8Cl6O. The summed E-state index contributed by atoms with van der Waals surface area (Å²) in [7, 11) is 0. The molecule has 0 aromatic heterocycles. The lowest BCUT2D eigenvalue weighted by molar-refractivity contribution is 0.0768. The van der Waals surface area contributed by atoms with Crippen LogP contribution in [0.25, 0.3) is 0 Å². The summed E-state index contributed by atoms with van der Waals surface area (Å²) in [6.45, 7) is 0. The summed E-state index contributed by atoms with van der Waals surface area (Å²) in [5.74, 6) is -0.138. The first kappa shape index (κ1) is 13.1. The van der Waals surface area contributed by atoms with Crippen LogP contribution in [-0.2, 0) is 4.74 Å². The standard InChI is InChI=1S/C11H8Cl6O/c12-7-8(13)10(15)6-4-2-1-3(18-4)5(6)9(7,14)11(10,16)17/h3-6H,1-2H2. The van der Waals surface area contributed by atoms with Crippen LogP contribution in [0, 0.1) is 11.8 Å². The molecule has 2 aliphatic heterocycles. The van der Waals surface area contributed by atoms with Crippen LogP contribution < -0.4 is 0 Å². The molecule has 6 atom stereocenters. The smallest absolute Gasteiger partial charge is 0.167 e. The van der Waals surface area contributed by atoms with Crippen LogP contribution in [0.1, 0.15) is 12.8 Å². The predicted molar refractivity (Wildman–Crippen MR) is 75.2 cm³/mol. The van der Waals surface area contributed by atoms with E-state index in [4.69, 9.17) is 74.3 Å². The van der Waals surface area contributed by atoms with Gasteiger partial charge in [0.05, 0.1) is 22.3 Å². The average Bonchev–Trinajstić information content (AvgIpc) is 2.97. The average molecular weight is 369 g/mol. The molecule has 100 valence electrons. The molecule has 2 heterocycles. The zero-order chi connectivity index (χ0) is 13.1. The van der Waals surface area contributed by atoms with Crippen molar-refractivity contribution in [2.45, 2.75) is 39.1 Å². The topological polar surface area (TPSA) is 9.23 Å². The summed E-state index contributed by atoms with van der Waals surface area (Å²) in [6.07, 6.45) is 1.93. The molecule has 18 heavy (non-hydrogen) atoms. The molecule has 4 aliphatic rings. The van der Waals surface area contributed by atoms with Crippen molar-refractivity contribution in [2.75, 3.05) is 0 Å². The maximum atomic E-state index is 6.72. The van der Waals surface area contributed by atoms with E-state index in [2.05, 4.69) is 0 Å². The minimum atomic E-state index is -1.41. The summed E-state index contributed by atoms with van der Waals surface area (Å²) in [5.41, 5.74) is 0. The van der Waals surface area contributed by atoms with Crippen molar-refractivity contribution in [3.05, 3.63) is 10.1 Å². The molecule has 0 amide bonds. The lowest BCUT2D eigenvalue weighted by Crippen LogP contribution is -2.47. The van der Waals surface area contributed by atoms with Crippen molar-refractivity contribution in [1.82, 2.24) is 0 Å². The quantitative estimate of drug-likeness (QED) is 0.567. The number of hydrogen-bond acceptors (Lipinski definition) is 1. The molecule has 0 aromatic carbocycles. The number of allylic oxidation sites excluding steroid dienone is 2.